The number of amides is 6. The van der Waals surface area contributed by atoms with Crippen LogP contribution >= 0.6 is 0 Å². The second-order valence-corrected chi connectivity index (χ2v) is 20.7. The number of fused-ring (bicyclic) bond motifs is 5. The molecule has 26 heteroatoms. The summed E-state index contributed by atoms with van der Waals surface area (Å²) in [5, 5.41) is 61.4. The fourth-order valence-corrected chi connectivity index (χ4v) is 10.9. The van der Waals surface area contributed by atoms with E-state index in [9.17, 15) is 58.5 Å². The molecule has 4 aromatic rings. The summed E-state index contributed by atoms with van der Waals surface area (Å²) in [6, 6.07) is 8.39. The van der Waals surface area contributed by atoms with Gasteiger partial charge in [0.15, 0.2) is 5.60 Å². The van der Waals surface area contributed by atoms with Gasteiger partial charge in [0.1, 0.15) is 43.7 Å². The number of carbonyl (C=O) groups excluding carboxylic acids is 7. The van der Waals surface area contributed by atoms with Crippen molar-refractivity contribution in [1.29, 1.82) is 0 Å². The van der Waals surface area contributed by atoms with Gasteiger partial charge < -0.3 is 66.4 Å². The van der Waals surface area contributed by atoms with Crippen LogP contribution in [0.3, 0.4) is 0 Å². The van der Waals surface area contributed by atoms with Gasteiger partial charge in [0.25, 0.3) is 5.56 Å². The highest BCUT2D eigenvalue weighted by Crippen LogP contribution is 2.46. The Balaban J connectivity index is 0.810. The van der Waals surface area contributed by atoms with Crippen molar-refractivity contribution in [2.45, 2.75) is 114 Å². The summed E-state index contributed by atoms with van der Waals surface area (Å²) in [6.07, 6.45) is 1.58. The first kappa shape index (κ1) is 57.7. The van der Waals surface area contributed by atoms with E-state index in [0.717, 1.165) is 35.5 Å². The van der Waals surface area contributed by atoms with E-state index in [2.05, 4.69) is 37.2 Å². The maximum atomic E-state index is 15.6. The molecule has 4 unspecified atom stereocenters. The maximum absolute atomic E-state index is 15.6. The summed E-state index contributed by atoms with van der Waals surface area (Å²) in [4.78, 5) is 122. The first-order valence-corrected chi connectivity index (χ1v) is 26.7. The van der Waals surface area contributed by atoms with Crippen molar-refractivity contribution in [2.75, 3.05) is 39.5 Å². The maximum Gasteiger partial charge on any atom is 0.343 e. The highest BCUT2D eigenvalue weighted by molar-refractivity contribution is 5.97. The van der Waals surface area contributed by atoms with Gasteiger partial charge in [-0.2, -0.15) is 0 Å². The molecule has 2 aliphatic carbocycles. The Kier molecular flexibility index (Phi) is 17.4. The second kappa shape index (κ2) is 24.4. The number of aryl methyl sites for hydroxylation is 1. The summed E-state index contributed by atoms with van der Waals surface area (Å²) < 4.78 is 28.5. The number of carboxylic acid groups (broad SMARTS) is 1. The fourth-order valence-electron chi connectivity index (χ4n) is 10.9. The molecule has 5 aliphatic rings. The van der Waals surface area contributed by atoms with E-state index < -0.39 is 127 Å². The number of aromatic nitrogens is 2. The molecule has 0 saturated heterocycles. The van der Waals surface area contributed by atoms with Crippen LogP contribution in [0.25, 0.3) is 22.3 Å². The molecule has 0 spiro atoms. The van der Waals surface area contributed by atoms with Crippen molar-refractivity contribution in [1.82, 2.24) is 51.7 Å². The average Bonchev–Trinajstić information content (AvgIpc) is 4.08. The predicted octanol–water partition coefficient (Wildman–Crippen LogP) is -1.48. The van der Waals surface area contributed by atoms with Crippen molar-refractivity contribution >= 4 is 58.3 Å². The van der Waals surface area contributed by atoms with Crippen LogP contribution in [0.4, 0.5) is 4.39 Å². The minimum Gasteiger partial charge on any atom is -0.480 e. The van der Waals surface area contributed by atoms with Gasteiger partial charge in [-0.1, -0.05) is 50.1 Å². The van der Waals surface area contributed by atoms with Crippen LogP contribution in [-0.2, 0) is 79.4 Å². The van der Waals surface area contributed by atoms with Crippen molar-refractivity contribution in [2.24, 2.45) is 5.92 Å². The molecule has 9 rings (SSSR count). The first-order chi connectivity index (χ1) is 38.8. The van der Waals surface area contributed by atoms with Crippen molar-refractivity contribution in [3.8, 4) is 11.4 Å². The number of rotatable bonds is 25. The van der Waals surface area contributed by atoms with Crippen molar-refractivity contribution < 1.29 is 72.6 Å². The highest BCUT2D eigenvalue weighted by Gasteiger charge is 2.46. The van der Waals surface area contributed by atoms with Gasteiger partial charge in [-0.05, 0) is 72.9 Å². The van der Waals surface area contributed by atoms with Gasteiger partial charge >= 0.3 is 11.9 Å². The quantitative estimate of drug-likeness (QED) is 0.0234. The van der Waals surface area contributed by atoms with Crippen molar-refractivity contribution in [3.05, 3.63) is 110 Å². The molecule has 2 aromatic carbocycles. The lowest BCUT2D eigenvalue weighted by molar-refractivity contribution is -0.172. The van der Waals surface area contributed by atoms with Gasteiger partial charge in [-0.15, -0.1) is 0 Å². The molecule has 1 fully saturated rings. The van der Waals surface area contributed by atoms with Crippen LogP contribution in [0.1, 0.15) is 84.0 Å². The van der Waals surface area contributed by atoms with Gasteiger partial charge in [0.05, 0.1) is 61.3 Å². The SMILES string of the molecule is CC[C@@]1(O)C(=O)OCc2c1cc1n(c2=O)Cc2c-1nc1cc(F)c(C)c3c1c2[C@H](NC(O)C(CC1CC1)OCNC(=O)CNC(=O)[C@H](Cc1ccccc1)NC(=O)CNC(=O)CNC(=O)C(CNCC(=O)O)N1C(=O)C=CC1O)CC3. The normalized spacial score (nSPS) is 20.0. The monoisotopic (exact) mass is 1120 g/mol. The number of aliphatic carboxylic acids is 1. The second-order valence-electron chi connectivity index (χ2n) is 20.7. The lowest BCUT2D eigenvalue weighted by atomic mass is 9.81. The Hall–Kier alpha value is -8.01. The Morgan fingerprint density at radius 2 is 1.63 bits per heavy atom. The van der Waals surface area contributed by atoms with E-state index in [-0.39, 0.29) is 56.3 Å². The zero-order valence-corrected chi connectivity index (χ0v) is 44.3. The third kappa shape index (κ3) is 12.5. The van der Waals surface area contributed by atoms with Gasteiger partial charge in [-0.3, -0.25) is 48.6 Å². The molecule has 5 heterocycles. The van der Waals surface area contributed by atoms with Crippen LogP contribution in [0.2, 0.25) is 0 Å². The number of aliphatic hydroxyl groups is 3. The zero-order valence-electron chi connectivity index (χ0n) is 44.3. The molecule has 6 amide bonds. The van der Waals surface area contributed by atoms with Crippen LogP contribution in [0.15, 0.2) is 59.4 Å². The smallest absolute Gasteiger partial charge is 0.343 e. The van der Waals surface area contributed by atoms with Crippen LogP contribution in [0, 0.1) is 18.7 Å². The van der Waals surface area contributed by atoms with Gasteiger partial charge in [0.2, 0.25) is 35.4 Å². The number of nitrogens with one attached hydrogen (secondary N) is 7. The number of esters is 1. The van der Waals surface area contributed by atoms with Gasteiger partial charge in [0, 0.05) is 47.7 Å². The van der Waals surface area contributed by atoms with E-state index in [1.807, 2.05) is 0 Å². The number of carbonyl (C=O) groups is 8. The summed E-state index contributed by atoms with van der Waals surface area (Å²) in [5.41, 5.74) is 2.06. The van der Waals surface area contributed by atoms with E-state index >= 15 is 4.39 Å². The van der Waals surface area contributed by atoms with Crippen LogP contribution < -0.4 is 42.8 Å². The van der Waals surface area contributed by atoms with E-state index in [4.69, 9.17) is 19.6 Å². The predicted molar refractivity (Wildman–Crippen MR) is 282 cm³/mol. The molecule has 0 radical (unpaired) electrons. The number of benzene rings is 2. The lowest BCUT2D eigenvalue weighted by Crippen LogP contribution is -2.57. The molecule has 3 aliphatic heterocycles. The highest BCUT2D eigenvalue weighted by atomic mass is 19.1. The minimum absolute atomic E-state index is 0.0147. The topological polar surface area (TPSA) is 358 Å². The summed E-state index contributed by atoms with van der Waals surface area (Å²) in [5.74, 6) is -6.99. The summed E-state index contributed by atoms with van der Waals surface area (Å²) in [6.45, 7) is -0.108. The Morgan fingerprint density at radius 3 is 2.32 bits per heavy atom. The largest absolute Gasteiger partial charge is 0.480 e. The summed E-state index contributed by atoms with van der Waals surface area (Å²) >= 11 is 0. The molecular formula is C55H63FN10O15. The number of pyridine rings is 2. The first-order valence-electron chi connectivity index (χ1n) is 26.7. The molecule has 7 atom stereocenters. The third-order valence-corrected chi connectivity index (χ3v) is 15.4. The number of cyclic esters (lactones) is 1. The molecule has 430 valence electrons. The number of hydrogen-bond acceptors (Lipinski definition) is 17. The fraction of sp³-hybridized carbons (Fsp3) is 0.455. The Bertz CT molecular complexity index is 3280. The number of nitrogens with zero attached hydrogens (tertiary/aromatic N) is 3. The average molecular weight is 1120 g/mol. The number of ether oxygens (including phenoxy) is 2. The number of halogens is 1. The molecular weight excluding hydrogens is 1060 g/mol. The Labute approximate surface area is 462 Å². The molecule has 1 saturated carbocycles. The molecule has 2 aromatic heterocycles. The zero-order chi connectivity index (χ0) is 57.9. The molecule has 11 N–H and O–H groups in total. The number of aliphatic hydroxyl groups excluding tert-OH is 2. The lowest BCUT2D eigenvalue weighted by Gasteiger charge is -2.33. The standard InChI is InChI=1S/C55H63FN10O15/c1-3-55(79)33-17-38-49-31(24-65(38)53(77)32(33)25-80-54(55)78)48-35(12-11-30-27(2)34(56)18-36(63-49)47(30)48)64-52(76)40(16-29-9-10-29)81-26-61-42(68)21-59-50(74)37(15-28-7-5-4-6-8-28)62-43(69)22-58-41(67)20-60-51(75)39(19-57-23-46(72)73)66-44(70)13-14-45(66)71/h4-8,13-14,17-18,29,35,37,39-40,44,52,57,64,70,76,79H,3,9-12,15-16,19-26H2,1-2H3,(H,58,67)(H,59,74)(H,60,75)(H,61,68)(H,62,69)(H,72,73)/t35-,37+,39?,40?,44?,52?,55+/m1/s1. The van der Waals surface area contributed by atoms with Crippen molar-refractivity contribution in [3.63, 3.8) is 0 Å². The number of hydrogen-bond donors (Lipinski definition) is 11. The third-order valence-electron chi connectivity index (χ3n) is 15.4. The van der Waals surface area contributed by atoms with E-state index in [0.29, 0.717) is 63.8 Å². The molecule has 81 heavy (non-hydrogen) atoms. The number of carboxylic acids is 1. The van der Waals surface area contributed by atoms with E-state index in [1.54, 1.807) is 50.2 Å². The summed E-state index contributed by atoms with van der Waals surface area (Å²) in [7, 11) is 0. The Morgan fingerprint density at radius 1 is 0.914 bits per heavy atom. The van der Waals surface area contributed by atoms with Crippen LogP contribution in [-0.4, -0.2) is 152 Å². The molecule has 25 nitrogen and oxygen atoms in total. The van der Waals surface area contributed by atoms with Crippen LogP contribution in [0.5, 0.6) is 0 Å². The van der Waals surface area contributed by atoms with Gasteiger partial charge in [-0.25, -0.2) is 14.2 Å². The van der Waals surface area contributed by atoms with E-state index in [1.165, 1.54) is 10.6 Å². The minimum atomic E-state index is -2.06. The molecule has 0 bridgehead atoms.